The Morgan fingerprint density at radius 3 is 2.65 bits per heavy atom. The molecule has 1 aliphatic carbocycles. The zero-order chi connectivity index (χ0) is 18.7. The van der Waals surface area contributed by atoms with Gasteiger partial charge in [-0.05, 0) is 47.7 Å². The SMILES string of the molecule is C[C@@H](COCC(F)(F)F)NC(=O)Nc1ccc2c(c1)Cc1ccccc1-2. The van der Waals surface area contributed by atoms with Crippen molar-refractivity contribution in [1.29, 1.82) is 0 Å². The van der Waals surface area contributed by atoms with Gasteiger partial charge < -0.3 is 15.4 Å². The largest absolute Gasteiger partial charge is 0.411 e. The molecule has 0 spiro atoms. The summed E-state index contributed by atoms with van der Waals surface area (Å²) < 4.78 is 40.7. The first-order valence-electron chi connectivity index (χ1n) is 8.25. The summed E-state index contributed by atoms with van der Waals surface area (Å²) >= 11 is 0. The molecule has 0 aliphatic heterocycles. The number of ether oxygens (including phenoxy) is 1. The minimum Gasteiger partial charge on any atom is -0.370 e. The number of amides is 2. The highest BCUT2D eigenvalue weighted by Gasteiger charge is 2.27. The molecule has 0 unspecified atom stereocenters. The molecule has 2 aromatic carbocycles. The number of rotatable bonds is 5. The highest BCUT2D eigenvalue weighted by atomic mass is 19.4. The Bertz CT molecular complexity index is 806. The number of anilines is 1. The number of fused-ring (bicyclic) bond motifs is 3. The van der Waals surface area contributed by atoms with Crippen molar-refractivity contribution in [3.63, 3.8) is 0 Å². The fourth-order valence-electron chi connectivity index (χ4n) is 3.01. The molecule has 2 aromatic rings. The summed E-state index contributed by atoms with van der Waals surface area (Å²) in [5.74, 6) is 0. The van der Waals surface area contributed by atoms with Crippen LogP contribution in [0.1, 0.15) is 18.1 Å². The maximum atomic E-state index is 12.0. The van der Waals surface area contributed by atoms with E-state index in [1.165, 1.54) is 11.1 Å². The minimum atomic E-state index is -4.37. The zero-order valence-electron chi connectivity index (χ0n) is 14.2. The molecule has 2 amide bonds. The third-order valence-corrected chi connectivity index (χ3v) is 4.06. The molecule has 0 bridgehead atoms. The molecule has 0 aromatic heterocycles. The van der Waals surface area contributed by atoms with Crippen molar-refractivity contribution in [2.45, 2.75) is 25.6 Å². The fourth-order valence-corrected chi connectivity index (χ4v) is 3.01. The Kier molecular flexibility index (Phi) is 5.18. The summed E-state index contributed by atoms with van der Waals surface area (Å²) in [5.41, 5.74) is 5.37. The van der Waals surface area contributed by atoms with Gasteiger partial charge in [0.05, 0.1) is 12.6 Å². The number of hydrogen-bond donors (Lipinski definition) is 2. The summed E-state index contributed by atoms with van der Waals surface area (Å²) in [6.45, 7) is 0.0355. The second-order valence-corrected chi connectivity index (χ2v) is 6.34. The molecule has 138 valence electrons. The summed E-state index contributed by atoms with van der Waals surface area (Å²) in [5, 5.41) is 5.27. The van der Waals surface area contributed by atoms with E-state index in [0.717, 1.165) is 17.5 Å². The van der Waals surface area contributed by atoms with Gasteiger partial charge >= 0.3 is 12.2 Å². The normalized spacial score (nSPS) is 13.7. The van der Waals surface area contributed by atoms with Crippen LogP contribution in [-0.4, -0.2) is 31.5 Å². The van der Waals surface area contributed by atoms with E-state index in [9.17, 15) is 18.0 Å². The molecule has 0 saturated heterocycles. The number of hydrogen-bond acceptors (Lipinski definition) is 2. The van der Waals surface area contributed by atoms with Crippen LogP contribution in [0.5, 0.6) is 0 Å². The van der Waals surface area contributed by atoms with Gasteiger partial charge in [-0.2, -0.15) is 13.2 Å². The van der Waals surface area contributed by atoms with Crippen LogP contribution >= 0.6 is 0 Å². The quantitative estimate of drug-likeness (QED) is 0.707. The number of carbonyl (C=O) groups is 1. The van der Waals surface area contributed by atoms with E-state index < -0.39 is 24.9 Å². The van der Waals surface area contributed by atoms with Gasteiger partial charge in [-0.1, -0.05) is 30.3 Å². The lowest BCUT2D eigenvalue weighted by Gasteiger charge is -2.16. The third-order valence-electron chi connectivity index (χ3n) is 4.06. The number of benzene rings is 2. The first-order valence-corrected chi connectivity index (χ1v) is 8.25. The third kappa shape index (κ3) is 4.54. The zero-order valence-corrected chi connectivity index (χ0v) is 14.2. The molecule has 1 atom stereocenters. The number of alkyl halides is 3. The molecule has 2 N–H and O–H groups in total. The lowest BCUT2D eigenvalue weighted by Crippen LogP contribution is -2.39. The van der Waals surface area contributed by atoms with E-state index in [2.05, 4.69) is 27.5 Å². The van der Waals surface area contributed by atoms with Gasteiger partial charge in [0, 0.05) is 5.69 Å². The lowest BCUT2D eigenvalue weighted by atomic mass is 10.1. The van der Waals surface area contributed by atoms with Crippen LogP contribution in [0.3, 0.4) is 0 Å². The van der Waals surface area contributed by atoms with Gasteiger partial charge in [-0.15, -0.1) is 0 Å². The number of nitrogens with one attached hydrogen (secondary N) is 2. The maximum absolute atomic E-state index is 12.0. The Labute approximate surface area is 149 Å². The van der Waals surface area contributed by atoms with Gasteiger partial charge in [-0.25, -0.2) is 4.79 Å². The maximum Gasteiger partial charge on any atom is 0.411 e. The van der Waals surface area contributed by atoms with Crippen LogP contribution in [0.4, 0.5) is 23.7 Å². The van der Waals surface area contributed by atoms with Crippen molar-refractivity contribution >= 4 is 11.7 Å². The van der Waals surface area contributed by atoms with E-state index in [4.69, 9.17) is 0 Å². The Morgan fingerprint density at radius 2 is 1.88 bits per heavy atom. The Balaban J connectivity index is 1.53. The number of carbonyl (C=O) groups excluding carboxylic acids is 1. The van der Waals surface area contributed by atoms with Crippen molar-refractivity contribution in [3.8, 4) is 11.1 Å². The van der Waals surface area contributed by atoms with Crippen molar-refractivity contribution in [1.82, 2.24) is 5.32 Å². The molecular formula is C19H19F3N2O2. The van der Waals surface area contributed by atoms with E-state index in [1.807, 2.05) is 30.3 Å². The van der Waals surface area contributed by atoms with Crippen LogP contribution in [0.2, 0.25) is 0 Å². The molecular weight excluding hydrogens is 345 g/mol. The molecule has 1 aliphatic rings. The Morgan fingerprint density at radius 1 is 1.15 bits per heavy atom. The van der Waals surface area contributed by atoms with Crippen molar-refractivity contribution in [2.75, 3.05) is 18.5 Å². The van der Waals surface area contributed by atoms with Crippen molar-refractivity contribution in [3.05, 3.63) is 53.6 Å². The van der Waals surface area contributed by atoms with Crippen LogP contribution in [0, 0.1) is 0 Å². The number of urea groups is 1. The molecule has 26 heavy (non-hydrogen) atoms. The molecule has 3 rings (SSSR count). The van der Waals surface area contributed by atoms with E-state index in [-0.39, 0.29) is 6.61 Å². The summed E-state index contributed by atoms with van der Waals surface area (Å²) in [6, 6.07) is 12.8. The van der Waals surface area contributed by atoms with E-state index in [1.54, 1.807) is 6.92 Å². The van der Waals surface area contributed by atoms with E-state index >= 15 is 0 Å². The van der Waals surface area contributed by atoms with Gasteiger partial charge in [0.25, 0.3) is 0 Å². The van der Waals surface area contributed by atoms with Crippen LogP contribution in [0.15, 0.2) is 42.5 Å². The highest BCUT2D eigenvalue weighted by molar-refractivity contribution is 5.90. The lowest BCUT2D eigenvalue weighted by molar-refractivity contribution is -0.174. The second-order valence-electron chi connectivity index (χ2n) is 6.34. The van der Waals surface area contributed by atoms with Crippen molar-refractivity contribution < 1.29 is 22.7 Å². The fraction of sp³-hybridized carbons (Fsp3) is 0.316. The van der Waals surface area contributed by atoms with Crippen LogP contribution < -0.4 is 10.6 Å². The van der Waals surface area contributed by atoms with Gasteiger partial charge in [0.15, 0.2) is 0 Å². The standard InChI is InChI=1S/C19H19F3N2O2/c1-12(10-26-11-19(20,21)22)23-18(25)24-15-6-7-17-14(9-15)8-13-4-2-3-5-16(13)17/h2-7,9,12H,8,10-11H2,1H3,(H2,23,24,25)/t12-/m0/s1. The van der Waals surface area contributed by atoms with E-state index in [0.29, 0.717) is 5.69 Å². The smallest absolute Gasteiger partial charge is 0.370 e. The first kappa shape index (κ1) is 18.3. The topological polar surface area (TPSA) is 50.4 Å². The monoisotopic (exact) mass is 364 g/mol. The molecule has 0 fully saturated rings. The molecule has 4 nitrogen and oxygen atoms in total. The Hall–Kier alpha value is -2.54. The predicted molar refractivity (Wildman–Crippen MR) is 93.2 cm³/mol. The van der Waals surface area contributed by atoms with Gasteiger partial charge in [0.2, 0.25) is 0 Å². The molecule has 0 radical (unpaired) electrons. The molecule has 7 heteroatoms. The number of halogens is 3. The van der Waals surface area contributed by atoms with Gasteiger partial charge in [0.1, 0.15) is 6.61 Å². The second kappa shape index (κ2) is 7.37. The average molecular weight is 364 g/mol. The van der Waals surface area contributed by atoms with Crippen molar-refractivity contribution in [2.24, 2.45) is 0 Å². The average Bonchev–Trinajstić information content (AvgIpc) is 2.91. The molecule has 0 heterocycles. The highest BCUT2D eigenvalue weighted by Crippen LogP contribution is 2.37. The van der Waals surface area contributed by atoms with Crippen LogP contribution in [0.25, 0.3) is 11.1 Å². The molecule has 0 saturated carbocycles. The first-order chi connectivity index (χ1) is 12.3. The summed E-state index contributed by atoms with van der Waals surface area (Å²) in [7, 11) is 0. The predicted octanol–water partition coefficient (Wildman–Crippen LogP) is 4.35. The summed E-state index contributed by atoms with van der Waals surface area (Å²) in [6.07, 6.45) is -3.56. The van der Waals surface area contributed by atoms with Crippen LogP contribution in [-0.2, 0) is 11.2 Å². The van der Waals surface area contributed by atoms with Gasteiger partial charge in [-0.3, -0.25) is 0 Å². The minimum absolute atomic E-state index is 0.216. The summed E-state index contributed by atoms with van der Waals surface area (Å²) in [4.78, 5) is 12.0.